The number of hydrogen-bond acceptors (Lipinski definition) is 5. The van der Waals surface area contributed by atoms with Gasteiger partial charge >= 0.3 is 0 Å². The van der Waals surface area contributed by atoms with Gasteiger partial charge in [0, 0.05) is 19.1 Å². The quantitative estimate of drug-likeness (QED) is 0.792. The van der Waals surface area contributed by atoms with Crippen LogP contribution in [0.2, 0.25) is 0 Å². The Morgan fingerprint density at radius 3 is 3.00 bits per heavy atom. The van der Waals surface area contributed by atoms with Gasteiger partial charge in [-0.3, -0.25) is 0 Å². The summed E-state index contributed by atoms with van der Waals surface area (Å²) in [5, 5.41) is 0. The molecule has 1 atom stereocenters. The topological polar surface area (TPSA) is 58.3 Å². The fourth-order valence-electron chi connectivity index (χ4n) is 2.17. The molecule has 5 nitrogen and oxygen atoms in total. The second-order valence-electron chi connectivity index (χ2n) is 4.51. The van der Waals surface area contributed by atoms with Crippen molar-refractivity contribution in [3.05, 3.63) is 12.5 Å². The van der Waals surface area contributed by atoms with E-state index in [0.29, 0.717) is 11.7 Å². The van der Waals surface area contributed by atoms with Crippen LogP contribution in [0.25, 0.3) is 0 Å². The number of hydrogen-bond donors (Lipinski definition) is 1. The van der Waals surface area contributed by atoms with Crippen molar-refractivity contribution in [1.29, 1.82) is 0 Å². The molecule has 5 heteroatoms. The van der Waals surface area contributed by atoms with Gasteiger partial charge in [-0.1, -0.05) is 0 Å². The summed E-state index contributed by atoms with van der Waals surface area (Å²) >= 11 is 0. The molecule has 0 radical (unpaired) electrons. The zero-order valence-electron chi connectivity index (χ0n) is 9.93. The molecule has 1 aromatic heterocycles. The maximum absolute atomic E-state index is 5.89. The molecule has 0 bridgehead atoms. The van der Waals surface area contributed by atoms with Gasteiger partial charge in [0.05, 0.1) is 11.9 Å². The zero-order valence-corrected chi connectivity index (χ0v) is 9.93. The van der Waals surface area contributed by atoms with Crippen molar-refractivity contribution in [2.24, 2.45) is 0 Å². The molecule has 2 rings (SSSR count). The van der Waals surface area contributed by atoms with Crippen LogP contribution < -0.4 is 10.6 Å². The van der Waals surface area contributed by atoms with Crippen LogP contribution in [0.5, 0.6) is 0 Å². The molecule has 0 amide bonds. The first-order valence-corrected chi connectivity index (χ1v) is 5.65. The lowest BCUT2D eigenvalue weighted by molar-refractivity contribution is 0.257. The summed E-state index contributed by atoms with van der Waals surface area (Å²) in [6, 6.07) is 0.586. The SMILES string of the molecule is CN(C)C1CCCN(c2ncncc2N)C1. The van der Waals surface area contributed by atoms with Crippen molar-refractivity contribution >= 4 is 11.5 Å². The molecule has 1 aromatic rings. The first kappa shape index (κ1) is 11.1. The maximum Gasteiger partial charge on any atom is 0.155 e. The van der Waals surface area contributed by atoms with Crippen LogP contribution in [0, 0.1) is 0 Å². The minimum Gasteiger partial charge on any atom is -0.394 e. The third-order valence-electron chi connectivity index (χ3n) is 3.14. The maximum atomic E-state index is 5.89. The monoisotopic (exact) mass is 221 g/mol. The molecule has 2 heterocycles. The Balaban J connectivity index is 2.13. The summed E-state index contributed by atoms with van der Waals surface area (Å²) in [6.07, 6.45) is 5.66. The number of anilines is 2. The second-order valence-corrected chi connectivity index (χ2v) is 4.51. The van der Waals surface area contributed by atoms with E-state index in [1.807, 2.05) is 0 Å². The van der Waals surface area contributed by atoms with Crippen LogP contribution in [0.4, 0.5) is 11.5 Å². The minimum absolute atomic E-state index is 0.586. The molecular weight excluding hydrogens is 202 g/mol. The Bertz CT molecular complexity index is 352. The number of likely N-dealkylation sites (N-methyl/N-ethyl adjacent to an activating group) is 1. The summed E-state index contributed by atoms with van der Waals surface area (Å²) in [5.74, 6) is 0.876. The van der Waals surface area contributed by atoms with Crippen LogP contribution in [-0.2, 0) is 0 Å². The highest BCUT2D eigenvalue weighted by atomic mass is 15.2. The van der Waals surface area contributed by atoms with E-state index in [4.69, 9.17) is 5.73 Å². The highest BCUT2D eigenvalue weighted by molar-refractivity contribution is 5.61. The van der Waals surface area contributed by atoms with Crippen LogP contribution in [0.3, 0.4) is 0 Å². The third kappa shape index (κ3) is 2.24. The Morgan fingerprint density at radius 2 is 2.31 bits per heavy atom. The first-order valence-electron chi connectivity index (χ1n) is 5.65. The molecular formula is C11H19N5. The van der Waals surface area contributed by atoms with Crippen LogP contribution in [0.1, 0.15) is 12.8 Å². The Labute approximate surface area is 96.3 Å². The molecule has 88 valence electrons. The lowest BCUT2D eigenvalue weighted by Crippen LogP contribution is -2.45. The van der Waals surface area contributed by atoms with E-state index in [-0.39, 0.29) is 0 Å². The van der Waals surface area contributed by atoms with Gasteiger partial charge in [-0.05, 0) is 26.9 Å². The molecule has 16 heavy (non-hydrogen) atoms. The fraction of sp³-hybridized carbons (Fsp3) is 0.636. The van der Waals surface area contributed by atoms with Gasteiger partial charge in [0.25, 0.3) is 0 Å². The molecule has 2 N–H and O–H groups in total. The number of rotatable bonds is 2. The van der Waals surface area contributed by atoms with Gasteiger partial charge in [-0.15, -0.1) is 0 Å². The number of nitrogens with zero attached hydrogens (tertiary/aromatic N) is 4. The van der Waals surface area contributed by atoms with Crippen molar-refractivity contribution in [3.63, 3.8) is 0 Å². The predicted molar refractivity (Wildman–Crippen MR) is 65.4 cm³/mol. The summed E-state index contributed by atoms with van der Waals surface area (Å²) in [5.41, 5.74) is 6.56. The van der Waals surface area contributed by atoms with E-state index in [2.05, 4.69) is 33.9 Å². The van der Waals surface area contributed by atoms with E-state index >= 15 is 0 Å². The van der Waals surface area contributed by atoms with E-state index < -0.39 is 0 Å². The summed E-state index contributed by atoms with van der Waals surface area (Å²) in [6.45, 7) is 2.03. The highest BCUT2D eigenvalue weighted by Gasteiger charge is 2.23. The van der Waals surface area contributed by atoms with Crippen molar-refractivity contribution < 1.29 is 0 Å². The Morgan fingerprint density at radius 1 is 1.50 bits per heavy atom. The summed E-state index contributed by atoms with van der Waals surface area (Å²) < 4.78 is 0. The van der Waals surface area contributed by atoms with Crippen molar-refractivity contribution in [3.8, 4) is 0 Å². The minimum atomic E-state index is 0.586. The predicted octanol–water partition coefficient (Wildman–Crippen LogP) is 0.589. The van der Waals surface area contributed by atoms with Gasteiger partial charge in [-0.2, -0.15) is 0 Å². The van der Waals surface area contributed by atoms with Crippen molar-refractivity contribution in [2.45, 2.75) is 18.9 Å². The lowest BCUT2D eigenvalue weighted by atomic mass is 10.0. The van der Waals surface area contributed by atoms with E-state index in [1.165, 1.54) is 12.8 Å². The third-order valence-corrected chi connectivity index (χ3v) is 3.14. The van der Waals surface area contributed by atoms with E-state index in [1.54, 1.807) is 12.5 Å². The standard InChI is InChI=1S/C11H19N5/c1-15(2)9-4-3-5-16(7-9)11-10(12)6-13-8-14-11/h6,8-9H,3-5,7,12H2,1-2H3. The van der Waals surface area contributed by atoms with Crippen LogP contribution >= 0.6 is 0 Å². The van der Waals surface area contributed by atoms with Gasteiger partial charge in [0.2, 0.25) is 0 Å². The van der Waals surface area contributed by atoms with Crippen molar-refractivity contribution in [1.82, 2.24) is 14.9 Å². The number of piperidine rings is 1. The molecule has 1 unspecified atom stereocenters. The van der Waals surface area contributed by atoms with Gasteiger partial charge in [0.15, 0.2) is 5.82 Å². The molecule has 1 saturated heterocycles. The van der Waals surface area contributed by atoms with E-state index in [0.717, 1.165) is 18.9 Å². The molecule has 1 aliphatic heterocycles. The summed E-state index contributed by atoms with van der Waals surface area (Å²) in [7, 11) is 4.25. The zero-order chi connectivity index (χ0) is 11.5. The number of nitrogen functional groups attached to an aromatic ring is 1. The Kier molecular flexibility index (Phi) is 3.24. The average Bonchev–Trinajstić information content (AvgIpc) is 2.30. The van der Waals surface area contributed by atoms with Gasteiger partial charge in [0.1, 0.15) is 6.33 Å². The van der Waals surface area contributed by atoms with Gasteiger partial charge in [-0.25, -0.2) is 9.97 Å². The first-order chi connectivity index (χ1) is 7.68. The molecule has 0 aromatic carbocycles. The van der Waals surface area contributed by atoms with Crippen LogP contribution in [0.15, 0.2) is 12.5 Å². The molecule has 0 aliphatic carbocycles. The highest BCUT2D eigenvalue weighted by Crippen LogP contribution is 2.23. The molecule has 1 aliphatic rings. The number of aromatic nitrogens is 2. The lowest BCUT2D eigenvalue weighted by Gasteiger charge is -2.37. The van der Waals surface area contributed by atoms with Gasteiger partial charge < -0.3 is 15.5 Å². The second kappa shape index (κ2) is 4.65. The van der Waals surface area contributed by atoms with E-state index in [9.17, 15) is 0 Å². The fourth-order valence-corrected chi connectivity index (χ4v) is 2.17. The average molecular weight is 221 g/mol. The van der Waals surface area contributed by atoms with Crippen LogP contribution in [-0.4, -0.2) is 48.1 Å². The smallest absolute Gasteiger partial charge is 0.155 e. The molecule has 0 spiro atoms. The summed E-state index contributed by atoms with van der Waals surface area (Å²) in [4.78, 5) is 12.7. The number of nitrogens with two attached hydrogens (primary N) is 1. The largest absolute Gasteiger partial charge is 0.394 e. The molecule has 0 saturated carbocycles. The molecule has 1 fully saturated rings. The normalized spacial score (nSPS) is 21.4. The Hall–Kier alpha value is -1.36. The van der Waals surface area contributed by atoms with Crippen molar-refractivity contribution in [2.75, 3.05) is 37.8 Å².